The summed E-state index contributed by atoms with van der Waals surface area (Å²) in [7, 11) is 1.64. The Morgan fingerprint density at radius 2 is 2.19 bits per heavy atom. The largest absolute Gasteiger partial charge is 0.497 e. The van der Waals surface area contributed by atoms with Crippen LogP contribution in [0.1, 0.15) is 31.7 Å². The van der Waals surface area contributed by atoms with Gasteiger partial charge in [0.05, 0.1) is 7.11 Å². The molecule has 0 radical (unpaired) electrons. The first-order chi connectivity index (χ1) is 7.56. The SMILES string of the molecule is CCC(=O)C(C)Cc1cc(OC)cc(C)n1. The number of nitrogens with zero attached hydrogens (tertiary/aromatic N) is 1. The van der Waals surface area contributed by atoms with Gasteiger partial charge in [0.25, 0.3) is 0 Å². The van der Waals surface area contributed by atoms with Gasteiger partial charge in [-0.25, -0.2) is 0 Å². The predicted molar refractivity (Wildman–Crippen MR) is 63.7 cm³/mol. The highest BCUT2D eigenvalue weighted by Gasteiger charge is 2.13. The van der Waals surface area contributed by atoms with Crippen LogP contribution < -0.4 is 4.74 Å². The predicted octanol–water partition coefficient (Wildman–Crippen LogP) is 2.56. The van der Waals surface area contributed by atoms with E-state index in [2.05, 4.69) is 4.98 Å². The maximum absolute atomic E-state index is 11.5. The van der Waals surface area contributed by atoms with Gasteiger partial charge in [0.2, 0.25) is 0 Å². The molecular weight excluding hydrogens is 202 g/mol. The van der Waals surface area contributed by atoms with Crippen molar-refractivity contribution in [1.29, 1.82) is 0 Å². The molecule has 0 saturated heterocycles. The number of pyridine rings is 1. The quantitative estimate of drug-likeness (QED) is 0.767. The number of carbonyl (C=O) groups is 1. The molecule has 0 bridgehead atoms. The molecule has 0 saturated carbocycles. The Balaban J connectivity index is 2.80. The number of aromatic nitrogens is 1. The van der Waals surface area contributed by atoms with Gasteiger partial charge in [-0.3, -0.25) is 9.78 Å². The summed E-state index contributed by atoms with van der Waals surface area (Å²) in [6.07, 6.45) is 1.27. The molecule has 0 N–H and O–H groups in total. The Morgan fingerprint density at radius 3 is 2.75 bits per heavy atom. The Morgan fingerprint density at radius 1 is 1.50 bits per heavy atom. The van der Waals surface area contributed by atoms with Crippen molar-refractivity contribution in [2.45, 2.75) is 33.6 Å². The lowest BCUT2D eigenvalue weighted by Crippen LogP contribution is -2.13. The molecule has 1 rings (SSSR count). The van der Waals surface area contributed by atoms with E-state index in [4.69, 9.17) is 4.74 Å². The van der Waals surface area contributed by atoms with Gasteiger partial charge in [0, 0.05) is 35.9 Å². The normalized spacial score (nSPS) is 12.2. The highest BCUT2D eigenvalue weighted by Crippen LogP contribution is 2.16. The first kappa shape index (κ1) is 12.7. The zero-order chi connectivity index (χ0) is 12.1. The monoisotopic (exact) mass is 221 g/mol. The summed E-state index contributed by atoms with van der Waals surface area (Å²) in [4.78, 5) is 15.9. The van der Waals surface area contributed by atoms with Crippen molar-refractivity contribution in [2.24, 2.45) is 5.92 Å². The lowest BCUT2D eigenvalue weighted by molar-refractivity contribution is -0.122. The molecule has 3 heteroatoms. The van der Waals surface area contributed by atoms with Crippen LogP contribution in [0.4, 0.5) is 0 Å². The van der Waals surface area contributed by atoms with Crippen LogP contribution in [-0.2, 0) is 11.2 Å². The van der Waals surface area contributed by atoms with Crippen LogP contribution in [0.5, 0.6) is 5.75 Å². The van der Waals surface area contributed by atoms with Gasteiger partial charge in [0.1, 0.15) is 11.5 Å². The van der Waals surface area contributed by atoms with Crippen molar-refractivity contribution >= 4 is 5.78 Å². The molecule has 0 aliphatic carbocycles. The van der Waals surface area contributed by atoms with Crippen LogP contribution in [0.15, 0.2) is 12.1 Å². The molecule has 1 aromatic rings. The molecule has 1 unspecified atom stereocenters. The van der Waals surface area contributed by atoms with Gasteiger partial charge >= 0.3 is 0 Å². The molecule has 3 nitrogen and oxygen atoms in total. The number of rotatable bonds is 5. The average Bonchev–Trinajstić information content (AvgIpc) is 2.26. The van der Waals surface area contributed by atoms with Gasteiger partial charge in [-0.05, 0) is 13.3 Å². The van der Waals surface area contributed by atoms with E-state index in [1.165, 1.54) is 0 Å². The molecule has 1 heterocycles. The molecule has 0 aromatic carbocycles. The second kappa shape index (κ2) is 5.64. The van der Waals surface area contributed by atoms with E-state index in [1.807, 2.05) is 32.9 Å². The number of hydrogen-bond acceptors (Lipinski definition) is 3. The minimum atomic E-state index is 0.0315. The molecule has 1 aromatic heterocycles. The van der Waals surface area contributed by atoms with Gasteiger partial charge in [-0.15, -0.1) is 0 Å². The number of aryl methyl sites for hydroxylation is 1. The van der Waals surface area contributed by atoms with Crippen LogP contribution in [0.2, 0.25) is 0 Å². The third-order valence-electron chi connectivity index (χ3n) is 2.63. The van der Waals surface area contributed by atoms with Crippen LogP contribution in [0, 0.1) is 12.8 Å². The first-order valence-corrected chi connectivity index (χ1v) is 5.61. The zero-order valence-electron chi connectivity index (χ0n) is 10.4. The fraction of sp³-hybridized carbons (Fsp3) is 0.538. The Kier molecular flexibility index (Phi) is 4.47. The van der Waals surface area contributed by atoms with Crippen LogP contribution >= 0.6 is 0 Å². The van der Waals surface area contributed by atoms with E-state index in [1.54, 1.807) is 7.11 Å². The van der Waals surface area contributed by atoms with E-state index in [-0.39, 0.29) is 11.7 Å². The van der Waals surface area contributed by atoms with E-state index in [0.717, 1.165) is 17.1 Å². The Bertz CT molecular complexity index is 374. The third-order valence-corrected chi connectivity index (χ3v) is 2.63. The number of methoxy groups -OCH3 is 1. The maximum atomic E-state index is 11.5. The second-order valence-electron chi connectivity index (χ2n) is 4.06. The standard InChI is InChI=1S/C13H19NO2/c1-5-13(15)9(2)6-11-8-12(16-4)7-10(3)14-11/h7-9H,5-6H2,1-4H3. The lowest BCUT2D eigenvalue weighted by Gasteiger charge is -2.10. The van der Waals surface area contributed by atoms with Crippen LogP contribution in [-0.4, -0.2) is 17.9 Å². The molecule has 88 valence electrons. The zero-order valence-corrected chi connectivity index (χ0v) is 10.4. The maximum Gasteiger partial charge on any atom is 0.135 e. The summed E-state index contributed by atoms with van der Waals surface area (Å²) in [5.41, 5.74) is 1.84. The number of ketones is 1. The first-order valence-electron chi connectivity index (χ1n) is 5.61. The van der Waals surface area contributed by atoms with Gasteiger partial charge in [-0.1, -0.05) is 13.8 Å². The summed E-state index contributed by atoms with van der Waals surface area (Å²) in [6, 6.07) is 3.78. The third kappa shape index (κ3) is 3.33. The second-order valence-corrected chi connectivity index (χ2v) is 4.06. The molecule has 1 atom stereocenters. The smallest absolute Gasteiger partial charge is 0.135 e. The Hall–Kier alpha value is -1.38. The number of ether oxygens (including phenoxy) is 1. The summed E-state index contributed by atoms with van der Waals surface area (Å²) in [5.74, 6) is 1.12. The highest BCUT2D eigenvalue weighted by molar-refractivity contribution is 5.80. The molecule has 0 aliphatic rings. The molecular formula is C13H19NO2. The summed E-state index contributed by atoms with van der Waals surface area (Å²) in [6.45, 7) is 5.77. The van der Waals surface area contributed by atoms with E-state index >= 15 is 0 Å². The minimum absolute atomic E-state index is 0.0315. The van der Waals surface area contributed by atoms with Gasteiger partial charge in [-0.2, -0.15) is 0 Å². The van der Waals surface area contributed by atoms with Crippen molar-refractivity contribution in [2.75, 3.05) is 7.11 Å². The number of Topliss-reactive ketones (excluding diaryl/α,β-unsaturated/α-hetero) is 1. The molecule has 0 aliphatic heterocycles. The Labute approximate surface area is 96.8 Å². The lowest BCUT2D eigenvalue weighted by atomic mass is 9.98. The van der Waals surface area contributed by atoms with Crippen molar-refractivity contribution in [3.8, 4) is 5.75 Å². The summed E-state index contributed by atoms with van der Waals surface area (Å²) in [5, 5.41) is 0. The number of hydrogen-bond donors (Lipinski definition) is 0. The fourth-order valence-electron chi connectivity index (χ4n) is 1.70. The molecule has 16 heavy (non-hydrogen) atoms. The molecule has 0 spiro atoms. The minimum Gasteiger partial charge on any atom is -0.497 e. The van der Waals surface area contributed by atoms with Gasteiger partial charge in [0.15, 0.2) is 0 Å². The van der Waals surface area contributed by atoms with E-state index in [0.29, 0.717) is 12.8 Å². The van der Waals surface area contributed by atoms with Crippen LogP contribution in [0.25, 0.3) is 0 Å². The van der Waals surface area contributed by atoms with Crippen LogP contribution in [0.3, 0.4) is 0 Å². The van der Waals surface area contributed by atoms with Crippen molar-refractivity contribution < 1.29 is 9.53 Å². The topological polar surface area (TPSA) is 39.2 Å². The fourth-order valence-corrected chi connectivity index (χ4v) is 1.70. The average molecular weight is 221 g/mol. The van der Waals surface area contributed by atoms with E-state index < -0.39 is 0 Å². The van der Waals surface area contributed by atoms with Crippen molar-refractivity contribution in [3.63, 3.8) is 0 Å². The number of carbonyl (C=O) groups excluding carboxylic acids is 1. The van der Waals surface area contributed by atoms with E-state index in [9.17, 15) is 4.79 Å². The summed E-state index contributed by atoms with van der Waals surface area (Å²) >= 11 is 0. The summed E-state index contributed by atoms with van der Waals surface area (Å²) < 4.78 is 5.18. The van der Waals surface area contributed by atoms with Gasteiger partial charge < -0.3 is 4.74 Å². The highest BCUT2D eigenvalue weighted by atomic mass is 16.5. The van der Waals surface area contributed by atoms with Crippen molar-refractivity contribution in [1.82, 2.24) is 4.98 Å². The van der Waals surface area contributed by atoms with Crippen molar-refractivity contribution in [3.05, 3.63) is 23.5 Å². The molecule has 0 amide bonds. The molecule has 0 fully saturated rings.